The third kappa shape index (κ3) is 1.85. The number of carboxylic acid groups (broad SMARTS) is 1. The summed E-state index contributed by atoms with van der Waals surface area (Å²) in [6.07, 6.45) is 6.93. The smallest absolute Gasteiger partial charge is 0.307 e. The van der Waals surface area contributed by atoms with Gasteiger partial charge in [0, 0.05) is 12.5 Å². The molecule has 2 unspecified atom stereocenters. The monoisotopic (exact) mass is 221 g/mol. The molecule has 1 aliphatic rings. The molecule has 0 spiro atoms. The van der Waals surface area contributed by atoms with Crippen molar-refractivity contribution in [2.24, 2.45) is 5.92 Å². The van der Waals surface area contributed by atoms with Crippen LogP contribution in [0.1, 0.15) is 31.5 Å². The molecule has 2 rings (SSSR count). The van der Waals surface area contributed by atoms with Crippen molar-refractivity contribution in [1.29, 1.82) is 0 Å². The molecule has 1 N–H and O–H groups in total. The molecule has 0 saturated carbocycles. The Kier molecular flexibility index (Phi) is 3.03. The fraction of sp³-hybridized carbons (Fsp3) is 0.545. The molecule has 16 heavy (non-hydrogen) atoms. The summed E-state index contributed by atoms with van der Waals surface area (Å²) in [6.45, 7) is 2.77. The molecule has 1 aromatic rings. The van der Waals surface area contributed by atoms with E-state index in [1.54, 1.807) is 6.33 Å². The van der Waals surface area contributed by atoms with E-state index < -0.39 is 5.97 Å². The molecule has 0 aromatic carbocycles. The Hall–Kier alpha value is -1.65. The van der Waals surface area contributed by atoms with E-state index in [-0.39, 0.29) is 11.8 Å². The molecule has 1 aliphatic carbocycles. The van der Waals surface area contributed by atoms with Crippen LogP contribution in [0.15, 0.2) is 18.5 Å². The van der Waals surface area contributed by atoms with Gasteiger partial charge >= 0.3 is 5.97 Å². The van der Waals surface area contributed by atoms with Gasteiger partial charge < -0.3 is 9.67 Å². The third-order valence-corrected chi connectivity index (χ3v) is 3.07. The molecule has 1 heterocycles. The van der Waals surface area contributed by atoms with E-state index in [0.29, 0.717) is 6.42 Å². The van der Waals surface area contributed by atoms with Gasteiger partial charge in [0.15, 0.2) is 0 Å². The number of allylic oxidation sites excluding steroid dienone is 2. The quantitative estimate of drug-likeness (QED) is 0.784. The van der Waals surface area contributed by atoms with E-state index in [1.165, 1.54) is 0 Å². The zero-order chi connectivity index (χ0) is 11.5. The molecule has 0 radical (unpaired) electrons. The topological polar surface area (TPSA) is 68.0 Å². The Bertz CT molecular complexity index is 411. The van der Waals surface area contributed by atoms with Gasteiger partial charge in [-0.15, -0.1) is 10.2 Å². The number of carboxylic acids is 1. The Morgan fingerprint density at radius 2 is 2.31 bits per heavy atom. The minimum atomic E-state index is -0.750. The summed E-state index contributed by atoms with van der Waals surface area (Å²) in [5.41, 5.74) is 0. The van der Waals surface area contributed by atoms with Crippen LogP contribution in [0, 0.1) is 5.92 Å². The van der Waals surface area contributed by atoms with E-state index in [4.69, 9.17) is 0 Å². The largest absolute Gasteiger partial charge is 0.481 e. The number of carbonyl (C=O) groups is 1. The number of nitrogens with zero attached hydrogens (tertiary/aromatic N) is 3. The first-order valence-corrected chi connectivity index (χ1v) is 5.49. The lowest BCUT2D eigenvalue weighted by atomic mass is 9.82. The lowest BCUT2D eigenvalue weighted by Crippen LogP contribution is -2.25. The Balaban J connectivity index is 2.31. The van der Waals surface area contributed by atoms with Gasteiger partial charge in [-0.1, -0.05) is 12.2 Å². The molecular formula is C11H15N3O2. The zero-order valence-corrected chi connectivity index (χ0v) is 9.21. The van der Waals surface area contributed by atoms with Crippen LogP contribution in [0.4, 0.5) is 0 Å². The SMILES string of the molecule is CCn1cnnc1C1CC=CCC1C(=O)O. The normalized spacial score (nSPS) is 24.6. The number of hydrogen-bond donors (Lipinski definition) is 1. The summed E-state index contributed by atoms with van der Waals surface area (Å²) in [5.74, 6) is -0.385. The van der Waals surface area contributed by atoms with Gasteiger partial charge in [0.05, 0.1) is 5.92 Å². The van der Waals surface area contributed by atoms with Gasteiger partial charge in [0.25, 0.3) is 0 Å². The third-order valence-electron chi connectivity index (χ3n) is 3.07. The van der Waals surface area contributed by atoms with E-state index >= 15 is 0 Å². The van der Waals surface area contributed by atoms with Gasteiger partial charge in [-0.05, 0) is 19.8 Å². The van der Waals surface area contributed by atoms with E-state index in [1.807, 2.05) is 23.6 Å². The highest BCUT2D eigenvalue weighted by Gasteiger charge is 2.32. The van der Waals surface area contributed by atoms with Crippen LogP contribution in [0.2, 0.25) is 0 Å². The number of rotatable bonds is 3. The summed E-state index contributed by atoms with van der Waals surface area (Å²) >= 11 is 0. The molecule has 2 atom stereocenters. The summed E-state index contributed by atoms with van der Waals surface area (Å²) < 4.78 is 1.92. The predicted molar refractivity (Wildman–Crippen MR) is 57.9 cm³/mol. The van der Waals surface area contributed by atoms with Crippen LogP contribution in [-0.4, -0.2) is 25.8 Å². The predicted octanol–water partition coefficient (Wildman–Crippen LogP) is 1.43. The van der Waals surface area contributed by atoms with Crippen LogP contribution >= 0.6 is 0 Å². The van der Waals surface area contributed by atoms with Crippen molar-refractivity contribution < 1.29 is 9.90 Å². The highest BCUT2D eigenvalue weighted by atomic mass is 16.4. The van der Waals surface area contributed by atoms with Crippen molar-refractivity contribution in [3.63, 3.8) is 0 Å². The fourth-order valence-electron chi connectivity index (χ4n) is 2.17. The number of aryl methyl sites for hydroxylation is 1. The number of hydrogen-bond acceptors (Lipinski definition) is 3. The van der Waals surface area contributed by atoms with Gasteiger partial charge in [-0.3, -0.25) is 4.79 Å². The first-order chi connectivity index (χ1) is 7.74. The summed E-state index contributed by atoms with van der Waals surface area (Å²) in [5, 5.41) is 17.1. The van der Waals surface area contributed by atoms with Crippen molar-refractivity contribution >= 4 is 5.97 Å². The maximum absolute atomic E-state index is 11.2. The summed E-state index contributed by atoms with van der Waals surface area (Å²) in [4.78, 5) is 11.2. The summed E-state index contributed by atoms with van der Waals surface area (Å²) in [7, 11) is 0. The molecule has 0 aliphatic heterocycles. The minimum Gasteiger partial charge on any atom is -0.481 e. The van der Waals surface area contributed by atoms with Crippen molar-refractivity contribution in [1.82, 2.24) is 14.8 Å². The van der Waals surface area contributed by atoms with Crippen LogP contribution in [0.25, 0.3) is 0 Å². The highest BCUT2D eigenvalue weighted by molar-refractivity contribution is 5.71. The lowest BCUT2D eigenvalue weighted by molar-refractivity contribution is -0.142. The lowest BCUT2D eigenvalue weighted by Gasteiger charge is -2.24. The zero-order valence-electron chi connectivity index (χ0n) is 9.21. The average molecular weight is 221 g/mol. The average Bonchev–Trinajstić information content (AvgIpc) is 2.76. The van der Waals surface area contributed by atoms with Crippen LogP contribution < -0.4 is 0 Å². The van der Waals surface area contributed by atoms with Gasteiger partial charge in [0.1, 0.15) is 12.2 Å². The molecule has 0 amide bonds. The van der Waals surface area contributed by atoms with Crippen molar-refractivity contribution in [2.45, 2.75) is 32.2 Å². The first-order valence-electron chi connectivity index (χ1n) is 5.49. The molecule has 0 saturated heterocycles. The Morgan fingerprint density at radius 3 is 3.00 bits per heavy atom. The van der Waals surface area contributed by atoms with Crippen LogP contribution in [-0.2, 0) is 11.3 Å². The van der Waals surface area contributed by atoms with E-state index in [2.05, 4.69) is 10.2 Å². The van der Waals surface area contributed by atoms with Gasteiger partial charge in [-0.25, -0.2) is 0 Å². The minimum absolute atomic E-state index is 0.0510. The molecule has 5 nitrogen and oxygen atoms in total. The number of aromatic nitrogens is 3. The maximum atomic E-state index is 11.2. The van der Waals surface area contributed by atoms with E-state index in [9.17, 15) is 9.90 Å². The maximum Gasteiger partial charge on any atom is 0.307 e. The van der Waals surface area contributed by atoms with Gasteiger partial charge in [0.2, 0.25) is 0 Å². The standard InChI is InChI=1S/C11H15N3O2/c1-2-14-7-12-13-10(14)8-5-3-4-6-9(8)11(15)16/h3-4,7-9H,2,5-6H2,1H3,(H,15,16). The fourth-order valence-corrected chi connectivity index (χ4v) is 2.17. The first kappa shape index (κ1) is 10.9. The van der Waals surface area contributed by atoms with Crippen LogP contribution in [0.5, 0.6) is 0 Å². The molecule has 0 fully saturated rings. The summed E-state index contributed by atoms with van der Waals surface area (Å²) in [6, 6.07) is 0. The van der Waals surface area contributed by atoms with Crippen molar-refractivity contribution in [3.8, 4) is 0 Å². The molecule has 5 heteroatoms. The van der Waals surface area contributed by atoms with Crippen molar-refractivity contribution in [2.75, 3.05) is 0 Å². The molecule has 86 valence electrons. The van der Waals surface area contributed by atoms with Gasteiger partial charge in [-0.2, -0.15) is 0 Å². The van der Waals surface area contributed by atoms with Crippen molar-refractivity contribution in [3.05, 3.63) is 24.3 Å². The van der Waals surface area contributed by atoms with E-state index in [0.717, 1.165) is 18.8 Å². The second-order valence-corrected chi connectivity index (χ2v) is 3.97. The highest BCUT2D eigenvalue weighted by Crippen LogP contribution is 2.33. The molecular weight excluding hydrogens is 206 g/mol. The molecule has 1 aromatic heterocycles. The second-order valence-electron chi connectivity index (χ2n) is 3.97. The number of aliphatic carboxylic acids is 1. The van der Waals surface area contributed by atoms with Crippen LogP contribution in [0.3, 0.4) is 0 Å². The second kappa shape index (κ2) is 4.47. The molecule has 0 bridgehead atoms. The Labute approximate surface area is 93.8 Å². The Morgan fingerprint density at radius 1 is 1.56 bits per heavy atom.